The zero-order valence-corrected chi connectivity index (χ0v) is 21.4. The number of thiophene rings is 1. The molecule has 2 amide bonds. The van der Waals surface area contributed by atoms with Crippen molar-refractivity contribution in [2.75, 3.05) is 5.32 Å². The number of para-hydroxylation sites is 1. The monoisotopic (exact) mass is 525 g/mol. The average Bonchev–Trinajstić information content (AvgIpc) is 3.39. The van der Waals surface area contributed by atoms with Gasteiger partial charge >= 0.3 is 12.0 Å². The molecule has 1 aliphatic rings. The molecule has 3 N–H and O–H groups in total. The van der Waals surface area contributed by atoms with E-state index in [0.29, 0.717) is 25.3 Å². The van der Waals surface area contributed by atoms with Crippen LogP contribution in [0.4, 0.5) is 10.5 Å². The van der Waals surface area contributed by atoms with Crippen LogP contribution in [0.5, 0.6) is 5.75 Å². The number of benzene rings is 1. The summed E-state index contributed by atoms with van der Waals surface area (Å²) in [7, 11) is 0. The molecule has 3 heterocycles. The number of ether oxygens (including phenoxy) is 2. The maximum absolute atomic E-state index is 13.0. The lowest BCUT2D eigenvalue weighted by Crippen LogP contribution is -2.50. The first-order chi connectivity index (χ1) is 17.9. The molecule has 1 aromatic carbocycles. The van der Waals surface area contributed by atoms with Gasteiger partial charge in [-0.15, -0.1) is 11.3 Å². The van der Waals surface area contributed by atoms with Crippen LogP contribution >= 0.6 is 11.3 Å². The van der Waals surface area contributed by atoms with Gasteiger partial charge in [0.2, 0.25) is 6.29 Å². The Bertz CT molecular complexity index is 1260. The van der Waals surface area contributed by atoms with Crippen LogP contribution in [0.3, 0.4) is 0 Å². The Morgan fingerprint density at radius 3 is 2.78 bits per heavy atom. The molecule has 4 rings (SSSR count). The Morgan fingerprint density at radius 1 is 1.19 bits per heavy atom. The van der Waals surface area contributed by atoms with Crippen LogP contribution in [0.2, 0.25) is 0 Å². The second kappa shape index (κ2) is 12.6. The third kappa shape index (κ3) is 6.99. The van der Waals surface area contributed by atoms with Crippen molar-refractivity contribution in [3.05, 3.63) is 80.9 Å². The molecule has 0 aliphatic carbocycles. The van der Waals surface area contributed by atoms with Crippen molar-refractivity contribution in [3.63, 3.8) is 0 Å². The summed E-state index contributed by atoms with van der Waals surface area (Å²) < 4.78 is 13.6. The van der Waals surface area contributed by atoms with Gasteiger partial charge in [-0.3, -0.25) is 9.59 Å². The summed E-state index contributed by atoms with van der Waals surface area (Å²) in [6.07, 6.45) is 2.92. The summed E-state index contributed by atoms with van der Waals surface area (Å²) in [5.41, 5.74) is 0.671. The fourth-order valence-electron chi connectivity index (χ4n) is 4.40. The molecule has 3 unspecified atom stereocenters. The number of fused-ring (bicyclic) bond motifs is 1. The molecule has 0 radical (unpaired) electrons. The fourth-order valence-corrected chi connectivity index (χ4v) is 5.10. The molecule has 0 spiro atoms. The number of nitrogens with one attached hydrogen (secondary N) is 2. The number of rotatable bonds is 11. The van der Waals surface area contributed by atoms with E-state index in [1.54, 1.807) is 23.6 Å². The Labute approximate surface area is 219 Å². The summed E-state index contributed by atoms with van der Waals surface area (Å²) in [5.74, 6) is -0.781. The minimum absolute atomic E-state index is 0.106. The van der Waals surface area contributed by atoms with Crippen molar-refractivity contribution in [2.24, 2.45) is 5.92 Å². The lowest BCUT2D eigenvalue weighted by molar-refractivity contribution is -0.153. The lowest BCUT2D eigenvalue weighted by atomic mass is 9.90. The highest BCUT2D eigenvalue weighted by molar-refractivity contribution is 7.09. The van der Waals surface area contributed by atoms with Crippen LogP contribution in [0.15, 0.2) is 64.9 Å². The van der Waals surface area contributed by atoms with Crippen molar-refractivity contribution >= 4 is 29.0 Å². The molecule has 2 aromatic heterocycles. The molecule has 3 atom stereocenters. The molecule has 37 heavy (non-hydrogen) atoms. The second-order valence-electron chi connectivity index (χ2n) is 8.95. The summed E-state index contributed by atoms with van der Waals surface area (Å²) in [4.78, 5) is 38.7. The number of nitrogens with zero attached hydrogens (tertiary/aromatic N) is 1. The molecule has 196 valence electrons. The molecule has 0 saturated heterocycles. The van der Waals surface area contributed by atoms with E-state index in [2.05, 4.69) is 10.6 Å². The Balaban J connectivity index is 1.50. The number of unbranched alkanes of at least 4 members (excludes halogenated alkanes) is 1. The number of hydrogen-bond donors (Lipinski definition) is 3. The number of aliphatic carboxylic acids is 1. The van der Waals surface area contributed by atoms with Gasteiger partial charge in [-0.05, 0) is 36.1 Å². The number of amides is 2. The van der Waals surface area contributed by atoms with Crippen LogP contribution in [0.1, 0.15) is 43.0 Å². The molecule has 10 heteroatoms. The largest absolute Gasteiger partial charge is 0.481 e. The standard InChI is InChI=1S/C27H31N3O6S/c1-2-3-10-20(26-35-17-18-8-4-5-12-23(18)36-26)22(15-24(31)32)29-27(34)28-21-11-6-13-30(25(21)33)16-19-9-7-14-37-19/h4-9,11-14,20,22,26H,2-3,10,15-17H2,1H3,(H,31,32)(H2,28,29,34). The van der Waals surface area contributed by atoms with E-state index in [4.69, 9.17) is 9.47 Å². The molecule has 9 nitrogen and oxygen atoms in total. The van der Waals surface area contributed by atoms with E-state index in [0.717, 1.165) is 23.3 Å². The summed E-state index contributed by atoms with van der Waals surface area (Å²) >= 11 is 1.54. The quantitative estimate of drug-likeness (QED) is 0.335. The SMILES string of the molecule is CCCCC(C(CC(=O)O)NC(=O)Nc1cccn(Cc2cccs2)c1=O)C1OCc2ccccc2O1. The lowest BCUT2D eigenvalue weighted by Gasteiger charge is -2.36. The molecule has 0 fully saturated rings. The van der Waals surface area contributed by atoms with E-state index in [1.807, 2.05) is 48.7 Å². The number of anilines is 1. The molecular formula is C27H31N3O6S. The van der Waals surface area contributed by atoms with E-state index in [1.165, 1.54) is 10.6 Å². The summed E-state index contributed by atoms with van der Waals surface area (Å²) in [6, 6.07) is 13.2. The second-order valence-corrected chi connectivity index (χ2v) is 9.98. The van der Waals surface area contributed by atoms with Crippen molar-refractivity contribution in [2.45, 2.75) is 58.1 Å². The zero-order chi connectivity index (χ0) is 26.2. The van der Waals surface area contributed by atoms with Crippen molar-refractivity contribution in [1.82, 2.24) is 9.88 Å². The maximum atomic E-state index is 13.0. The van der Waals surface area contributed by atoms with E-state index in [9.17, 15) is 19.5 Å². The predicted molar refractivity (Wildman–Crippen MR) is 141 cm³/mol. The maximum Gasteiger partial charge on any atom is 0.319 e. The van der Waals surface area contributed by atoms with Crippen LogP contribution in [-0.4, -0.2) is 34.0 Å². The van der Waals surface area contributed by atoms with Gasteiger partial charge in [-0.2, -0.15) is 0 Å². The van der Waals surface area contributed by atoms with Gasteiger partial charge in [-0.25, -0.2) is 4.79 Å². The summed E-state index contributed by atoms with van der Waals surface area (Å²) in [5, 5.41) is 16.9. The Hall–Kier alpha value is -3.63. The van der Waals surface area contributed by atoms with Gasteiger partial charge in [0.1, 0.15) is 11.4 Å². The van der Waals surface area contributed by atoms with E-state index >= 15 is 0 Å². The first-order valence-electron chi connectivity index (χ1n) is 12.3. The van der Waals surface area contributed by atoms with Gasteiger partial charge in [0.25, 0.3) is 5.56 Å². The number of urea groups is 1. The van der Waals surface area contributed by atoms with Crippen LogP contribution in [0, 0.1) is 5.92 Å². The molecule has 0 bridgehead atoms. The van der Waals surface area contributed by atoms with E-state index < -0.39 is 30.3 Å². The minimum atomic E-state index is -1.05. The van der Waals surface area contributed by atoms with Crippen molar-refractivity contribution < 1.29 is 24.2 Å². The topological polar surface area (TPSA) is 119 Å². The number of carbonyl (C=O) groups excluding carboxylic acids is 1. The highest BCUT2D eigenvalue weighted by Crippen LogP contribution is 2.32. The Morgan fingerprint density at radius 2 is 2.03 bits per heavy atom. The highest BCUT2D eigenvalue weighted by atomic mass is 32.1. The molecule has 3 aromatic rings. The van der Waals surface area contributed by atoms with Gasteiger partial charge in [0.05, 0.1) is 19.6 Å². The molecular weight excluding hydrogens is 494 g/mol. The van der Waals surface area contributed by atoms with Gasteiger partial charge < -0.3 is 29.8 Å². The first kappa shape index (κ1) is 26.4. The molecule has 1 aliphatic heterocycles. The van der Waals surface area contributed by atoms with Gasteiger partial charge in [0.15, 0.2) is 0 Å². The Kier molecular flexibility index (Phi) is 8.97. The predicted octanol–water partition coefficient (Wildman–Crippen LogP) is 4.66. The minimum Gasteiger partial charge on any atom is -0.481 e. The van der Waals surface area contributed by atoms with Gasteiger partial charge in [-0.1, -0.05) is 44.0 Å². The zero-order valence-electron chi connectivity index (χ0n) is 20.6. The average molecular weight is 526 g/mol. The van der Waals surface area contributed by atoms with E-state index in [-0.39, 0.29) is 17.7 Å². The van der Waals surface area contributed by atoms with Gasteiger partial charge in [0, 0.05) is 28.6 Å². The first-order valence-corrected chi connectivity index (χ1v) is 13.2. The fraction of sp³-hybridized carbons (Fsp3) is 0.370. The van der Waals surface area contributed by atoms with Crippen molar-refractivity contribution in [1.29, 1.82) is 0 Å². The highest BCUT2D eigenvalue weighted by Gasteiger charge is 2.36. The smallest absolute Gasteiger partial charge is 0.319 e. The third-order valence-corrected chi connectivity index (χ3v) is 7.12. The summed E-state index contributed by atoms with van der Waals surface area (Å²) in [6.45, 7) is 2.77. The number of carboxylic acids is 1. The van der Waals surface area contributed by atoms with Crippen LogP contribution < -0.4 is 20.9 Å². The number of carbonyl (C=O) groups is 2. The normalized spacial score (nSPS) is 16.2. The third-order valence-electron chi connectivity index (χ3n) is 6.26. The molecule has 0 saturated carbocycles. The van der Waals surface area contributed by atoms with Crippen molar-refractivity contribution in [3.8, 4) is 5.75 Å². The van der Waals surface area contributed by atoms with Crippen LogP contribution in [-0.2, 0) is 22.7 Å². The van der Waals surface area contributed by atoms with Crippen LogP contribution in [0.25, 0.3) is 0 Å². The number of pyridine rings is 1. The number of aromatic nitrogens is 1. The number of carboxylic acid groups (broad SMARTS) is 1. The number of hydrogen-bond acceptors (Lipinski definition) is 6.